The Morgan fingerprint density at radius 3 is 2.03 bits per heavy atom. The zero-order valence-corrected chi connectivity index (χ0v) is 22.5. The average molecular weight is 497 g/mol. The molecular formula is C29H40N2O5. The Kier molecular flexibility index (Phi) is 11.8. The van der Waals surface area contributed by atoms with Crippen molar-refractivity contribution in [2.24, 2.45) is 0 Å². The van der Waals surface area contributed by atoms with Crippen molar-refractivity contribution in [2.75, 3.05) is 48.0 Å². The smallest absolute Gasteiger partial charge is 0.242 e. The fourth-order valence-electron chi connectivity index (χ4n) is 3.76. The second-order valence-electron chi connectivity index (χ2n) is 8.77. The summed E-state index contributed by atoms with van der Waals surface area (Å²) in [5.41, 5.74) is 3.38. The van der Waals surface area contributed by atoms with E-state index in [0.717, 1.165) is 17.5 Å². The maximum absolute atomic E-state index is 11.6. The summed E-state index contributed by atoms with van der Waals surface area (Å²) < 4.78 is 16.0. The zero-order chi connectivity index (χ0) is 26.5. The van der Waals surface area contributed by atoms with E-state index in [9.17, 15) is 9.59 Å². The van der Waals surface area contributed by atoms with Crippen molar-refractivity contribution in [2.45, 2.75) is 39.5 Å². The minimum Gasteiger partial charge on any atom is -0.493 e. The molecule has 1 aliphatic rings. The van der Waals surface area contributed by atoms with Gasteiger partial charge < -0.3 is 24.0 Å². The molecule has 2 amide bonds. The third kappa shape index (κ3) is 8.33. The van der Waals surface area contributed by atoms with Crippen molar-refractivity contribution in [3.05, 3.63) is 54.1 Å². The molecule has 1 aliphatic heterocycles. The van der Waals surface area contributed by atoms with E-state index >= 15 is 0 Å². The molecule has 0 spiro atoms. The van der Waals surface area contributed by atoms with Crippen molar-refractivity contribution in [3.8, 4) is 28.4 Å². The third-order valence-electron chi connectivity index (χ3n) is 5.99. The lowest BCUT2D eigenvalue weighted by molar-refractivity contribution is -0.148. The molecule has 2 aromatic carbocycles. The van der Waals surface area contributed by atoms with Crippen molar-refractivity contribution >= 4 is 11.8 Å². The molecule has 2 aromatic rings. The van der Waals surface area contributed by atoms with Crippen molar-refractivity contribution < 1.29 is 23.8 Å². The maximum atomic E-state index is 11.6. The number of methoxy groups -OCH3 is 3. The topological polar surface area (TPSA) is 68.3 Å². The molecule has 36 heavy (non-hydrogen) atoms. The Balaban J connectivity index is 0.000000255. The lowest BCUT2D eigenvalue weighted by atomic mass is 10.0. The van der Waals surface area contributed by atoms with Gasteiger partial charge in [0.25, 0.3) is 0 Å². The van der Waals surface area contributed by atoms with Gasteiger partial charge in [0.1, 0.15) is 6.54 Å². The van der Waals surface area contributed by atoms with Gasteiger partial charge >= 0.3 is 0 Å². The van der Waals surface area contributed by atoms with Crippen LogP contribution in [0.2, 0.25) is 0 Å². The molecule has 1 fully saturated rings. The van der Waals surface area contributed by atoms with Gasteiger partial charge in [0, 0.05) is 13.6 Å². The van der Waals surface area contributed by atoms with Crippen LogP contribution in [0.4, 0.5) is 0 Å². The summed E-state index contributed by atoms with van der Waals surface area (Å²) in [6.07, 6.45) is 8.82. The molecule has 0 atom stereocenters. The summed E-state index contributed by atoms with van der Waals surface area (Å²) >= 11 is 0. The lowest BCUT2D eigenvalue weighted by Crippen LogP contribution is -2.52. The highest BCUT2D eigenvalue weighted by molar-refractivity contribution is 5.92. The lowest BCUT2D eigenvalue weighted by Gasteiger charge is -2.30. The van der Waals surface area contributed by atoms with Gasteiger partial charge in [-0.25, -0.2) is 0 Å². The van der Waals surface area contributed by atoms with E-state index in [2.05, 4.69) is 44.2 Å². The first-order valence-corrected chi connectivity index (χ1v) is 12.4. The highest BCUT2D eigenvalue weighted by Gasteiger charge is 2.26. The van der Waals surface area contributed by atoms with Crippen LogP contribution in [0.5, 0.6) is 17.2 Å². The van der Waals surface area contributed by atoms with E-state index in [-0.39, 0.29) is 24.9 Å². The second kappa shape index (κ2) is 14.8. The van der Waals surface area contributed by atoms with Crippen LogP contribution >= 0.6 is 0 Å². The van der Waals surface area contributed by atoms with Gasteiger partial charge in [0.05, 0.1) is 27.9 Å². The fourth-order valence-corrected chi connectivity index (χ4v) is 3.76. The number of carbonyl (C=O) groups excluding carboxylic acids is 2. The summed E-state index contributed by atoms with van der Waals surface area (Å²) in [7, 11) is 6.51. The number of piperazine rings is 1. The Bertz CT molecular complexity index is 992. The largest absolute Gasteiger partial charge is 0.493 e. The molecule has 0 unspecified atom stereocenters. The Labute approximate surface area is 215 Å². The maximum Gasteiger partial charge on any atom is 0.242 e. The predicted octanol–water partition coefficient (Wildman–Crippen LogP) is 5.11. The van der Waals surface area contributed by atoms with E-state index in [1.807, 2.05) is 18.2 Å². The SMILES string of the molecule is CCCCC/C=C/CN1CC(=O)N(C)CC1=O.COc1cc(-c2ccc(C)cc2)cc(OC)c1OC. The van der Waals surface area contributed by atoms with Gasteiger partial charge in [-0.1, -0.05) is 61.7 Å². The monoisotopic (exact) mass is 496 g/mol. The molecule has 7 heteroatoms. The molecule has 7 nitrogen and oxygen atoms in total. The first kappa shape index (κ1) is 28.8. The highest BCUT2D eigenvalue weighted by atomic mass is 16.5. The Hall–Kier alpha value is -3.48. The van der Waals surface area contributed by atoms with E-state index in [0.29, 0.717) is 23.8 Å². The number of hydrogen-bond donors (Lipinski definition) is 0. The molecular weight excluding hydrogens is 456 g/mol. The number of ether oxygens (including phenoxy) is 3. The molecule has 1 saturated heterocycles. The van der Waals surface area contributed by atoms with Crippen molar-refractivity contribution in [1.29, 1.82) is 0 Å². The van der Waals surface area contributed by atoms with Gasteiger partial charge in [-0.05, 0) is 43.0 Å². The van der Waals surface area contributed by atoms with Crippen LogP contribution in [-0.4, -0.2) is 69.6 Å². The molecule has 3 rings (SSSR count). The summed E-state index contributed by atoms with van der Waals surface area (Å²) in [4.78, 5) is 26.1. The van der Waals surface area contributed by atoms with Crippen LogP contribution in [-0.2, 0) is 9.59 Å². The van der Waals surface area contributed by atoms with Crippen molar-refractivity contribution in [1.82, 2.24) is 9.80 Å². The Morgan fingerprint density at radius 1 is 0.833 bits per heavy atom. The number of nitrogens with zero attached hydrogens (tertiary/aromatic N) is 2. The second-order valence-corrected chi connectivity index (χ2v) is 8.77. The predicted molar refractivity (Wildman–Crippen MR) is 144 cm³/mol. The number of rotatable bonds is 10. The number of benzene rings is 2. The molecule has 0 N–H and O–H groups in total. The van der Waals surface area contributed by atoms with E-state index in [1.54, 1.807) is 33.3 Å². The average Bonchev–Trinajstić information content (AvgIpc) is 2.88. The molecule has 0 radical (unpaired) electrons. The number of carbonyl (C=O) groups is 2. The molecule has 0 bridgehead atoms. The summed E-state index contributed by atoms with van der Waals surface area (Å²) in [5, 5.41) is 0. The van der Waals surface area contributed by atoms with E-state index < -0.39 is 0 Å². The molecule has 0 aliphatic carbocycles. The molecule has 196 valence electrons. The van der Waals surface area contributed by atoms with E-state index in [1.165, 1.54) is 29.7 Å². The van der Waals surface area contributed by atoms with Gasteiger partial charge in [-0.3, -0.25) is 9.59 Å². The number of aryl methyl sites for hydroxylation is 1. The Morgan fingerprint density at radius 2 is 1.47 bits per heavy atom. The number of likely N-dealkylation sites (N-methyl/N-ethyl adjacent to an activating group) is 1. The van der Waals surface area contributed by atoms with Crippen LogP contribution in [0.15, 0.2) is 48.6 Å². The van der Waals surface area contributed by atoms with Gasteiger partial charge in [-0.2, -0.15) is 0 Å². The summed E-state index contributed by atoms with van der Waals surface area (Å²) in [6, 6.07) is 12.2. The van der Waals surface area contributed by atoms with Crippen LogP contribution in [0.1, 0.15) is 38.2 Å². The minimum atomic E-state index is 0.0176. The fraction of sp³-hybridized carbons (Fsp3) is 0.448. The highest BCUT2D eigenvalue weighted by Crippen LogP contribution is 2.41. The third-order valence-corrected chi connectivity index (χ3v) is 5.99. The normalized spacial score (nSPS) is 13.5. The van der Waals surface area contributed by atoms with Crippen LogP contribution in [0, 0.1) is 6.92 Å². The van der Waals surface area contributed by atoms with Crippen LogP contribution < -0.4 is 14.2 Å². The molecule has 1 heterocycles. The molecule has 0 aromatic heterocycles. The number of amides is 2. The minimum absolute atomic E-state index is 0.0176. The van der Waals surface area contributed by atoms with Crippen LogP contribution in [0.3, 0.4) is 0 Å². The van der Waals surface area contributed by atoms with Gasteiger partial charge in [0.15, 0.2) is 11.5 Å². The summed E-state index contributed by atoms with van der Waals surface area (Å²) in [5.74, 6) is 1.99. The van der Waals surface area contributed by atoms with Gasteiger partial charge in [0.2, 0.25) is 17.6 Å². The number of hydrogen-bond acceptors (Lipinski definition) is 5. The first-order chi connectivity index (χ1) is 17.3. The standard InChI is InChI=1S/C16H18O3.C13H22N2O2/c1-11-5-7-12(8-6-11)13-9-14(17-2)16(19-4)15(10-13)18-3;1-3-4-5-6-7-8-9-15-11-12(16)14(2)10-13(15)17/h5-10H,1-4H3;7-8H,3-6,9-11H2,1-2H3/b;8-7+. The molecule has 0 saturated carbocycles. The van der Waals surface area contributed by atoms with Crippen molar-refractivity contribution in [3.63, 3.8) is 0 Å². The zero-order valence-electron chi connectivity index (χ0n) is 22.5. The summed E-state index contributed by atoms with van der Waals surface area (Å²) in [6.45, 7) is 5.23. The van der Waals surface area contributed by atoms with Gasteiger partial charge in [-0.15, -0.1) is 0 Å². The van der Waals surface area contributed by atoms with E-state index in [4.69, 9.17) is 14.2 Å². The van der Waals surface area contributed by atoms with Crippen LogP contribution in [0.25, 0.3) is 11.1 Å². The number of unbranched alkanes of at least 4 members (excludes halogenated alkanes) is 3. The quantitative estimate of drug-likeness (QED) is 0.338. The number of allylic oxidation sites excluding steroid dienone is 1. The first-order valence-electron chi connectivity index (χ1n) is 12.4.